The summed E-state index contributed by atoms with van der Waals surface area (Å²) >= 11 is 0. The van der Waals surface area contributed by atoms with Crippen LogP contribution >= 0.6 is 0 Å². The van der Waals surface area contributed by atoms with Crippen molar-refractivity contribution >= 4 is 11.8 Å². The molecule has 3 atom stereocenters. The van der Waals surface area contributed by atoms with Gasteiger partial charge in [0.05, 0.1) is 11.7 Å². The largest absolute Gasteiger partial charge is 0.490 e. The average Bonchev–Trinajstić information content (AvgIpc) is 2.61. The lowest BCUT2D eigenvalue weighted by Gasteiger charge is -2.29. The van der Waals surface area contributed by atoms with Crippen molar-refractivity contribution in [3.63, 3.8) is 0 Å². The maximum absolute atomic E-state index is 12.9. The zero-order valence-corrected chi connectivity index (χ0v) is 16.4. The first-order valence-corrected chi connectivity index (χ1v) is 9.29. The molecule has 2 amide bonds. The summed E-state index contributed by atoms with van der Waals surface area (Å²) in [4.78, 5) is 27.1. The molecule has 5 nitrogen and oxygen atoms in total. The summed E-state index contributed by atoms with van der Waals surface area (Å²) in [6.45, 7) is 7.91. The molecule has 0 fully saturated rings. The number of para-hydroxylation sites is 1. The Balaban J connectivity index is 2.36. The molecule has 26 heavy (non-hydrogen) atoms. The van der Waals surface area contributed by atoms with Crippen molar-refractivity contribution < 1.29 is 14.3 Å². The molecule has 0 aliphatic carbocycles. The molecule has 2 rings (SSSR count). The standard InChI is InChI=1S/C21H30N2O3/c1-14(2)18-12-8-6-10-15(3)26-19-13-9-7-11-17(19)21(25)23(5)16(4)20(24)22-18/h6-9,11,13-16,18H,10,12H2,1-5H3,(H,22,24)/b8-6-/t15-,16-,18+/m0/s1. The van der Waals surface area contributed by atoms with Crippen molar-refractivity contribution in [2.45, 2.75) is 58.7 Å². The Kier molecular flexibility index (Phi) is 6.83. The third kappa shape index (κ3) is 4.87. The van der Waals surface area contributed by atoms with Gasteiger partial charge < -0.3 is 15.0 Å². The van der Waals surface area contributed by atoms with Gasteiger partial charge in [-0.15, -0.1) is 0 Å². The van der Waals surface area contributed by atoms with Gasteiger partial charge in [0.25, 0.3) is 5.91 Å². The van der Waals surface area contributed by atoms with Crippen molar-refractivity contribution in [2.75, 3.05) is 7.05 Å². The van der Waals surface area contributed by atoms with E-state index in [0.717, 1.165) is 12.8 Å². The van der Waals surface area contributed by atoms with E-state index in [-0.39, 0.29) is 24.0 Å². The Morgan fingerprint density at radius 2 is 1.77 bits per heavy atom. The number of hydrogen-bond donors (Lipinski definition) is 1. The molecule has 1 aromatic carbocycles. The van der Waals surface area contributed by atoms with Gasteiger partial charge in [-0.05, 0) is 38.3 Å². The fourth-order valence-corrected chi connectivity index (χ4v) is 2.88. The quantitative estimate of drug-likeness (QED) is 0.783. The van der Waals surface area contributed by atoms with Gasteiger partial charge in [0.15, 0.2) is 0 Å². The predicted molar refractivity (Wildman–Crippen MR) is 103 cm³/mol. The van der Waals surface area contributed by atoms with E-state index in [1.807, 2.05) is 13.0 Å². The second kappa shape index (κ2) is 8.88. The Labute approximate surface area is 156 Å². The maximum Gasteiger partial charge on any atom is 0.258 e. The smallest absolute Gasteiger partial charge is 0.258 e. The summed E-state index contributed by atoms with van der Waals surface area (Å²) in [7, 11) is 1.66. The molecule has 5 heteroatoms. The lowest BCUT2D eigenvalue weighted by molar-refractivity contribution is -0.125. The van der Waals surface area contributed by atoms with E-state index in [9.17, 15) is 9.59 Å². The van der Waals surface area contributed by atoms with Crippen molar-refractivity contribution in [3.8, 4) is 5.75 Å². The number of fused-ring (bicyclic) bond motifs is 1. The average molecular weight is 358 g/mol. The Morgan fingerprint density at radius 3 is 2.46 bits per heavy atom. The van der Waals surface area contributed by atoms with Crippen molar-refractivity contribution in [1.29, 1.82) is 0 Å². The zero-order chi connectivity index (χ0) is 19.3. The molecule has 1 heterocycles. The van der Waals surface area contributed by atoms with E-state index in [1.165, 1.54) is 4.90 Å². The number of ether oxygens (including phenoxy) is 1. The van der Waals surface area contributed by atoms with Gasteiger partial charge in [0.2, 0.25) is 5.91 Å². The van der Waals surface area contributed by atoms with E-state index < -0.39 is 6.04 Å². The molecule has 1 N–H and O–H groups in total. The maximum atomic E-state index is 12.9. The van der Waals surface area contributed by atoms with Crippen LogP contribution in [0.1, 0.15) is 50.9 Å². The van der Waals surface area contributed by atoms with E-state index in [0.29, 0.717) is 17.2 Å². The zero-order valence-electron chi connectivity index (χ0n) is 16.4. The third-order valence-corrected chi connectivity index (χ3v) is 4.88. The second-order valence-electron chi connectivity index (χ2n) is 7.32. The van der Waals surface area contributed by atoms with Crippen LogP contribution in [0.25, 0.3) is 0 Å². The molecule has 1 aliphatic heterocycles. The monoisotopic (exact) mass is 358 g/mol. The van der Waals surface area contributed by atoms with E-state index in [4.69, 9.17) is 4.74 Å². The van der Waals surface area contributed by atoms with Crippen LogP contribution in [-0.2, 0) is 4.79 Å². The Hall–Kier alpha value is -2.30. The summed E-state index contributed by atoms with van der Waals surface area (Å²) in [5.41, 5.74) is 0.475. The van der Waals surface area contributed by atoms with Gasteiger partial charge in [-0.2, -0.15) is 0 Å². The number of nitrogens with one attached hydrogen (secondary N) is 1. The molecule has 142 valence electrons. The second-order valence-corrected chi connectivity index (χ2v) is 7.32. The van der Waals surface area contributed by atoms with Gasteiger partial charge in [-0.1, -0.05) is 38.1 Å². The molecule has 0 unspecified atom stereocenters. The van der Waals surface area contributed by atoms with Crippen LogP contribution in [-0.4, -0.2) is 41.9 Å². The number of rotatable bonds is 1. The first-order valence-electron chi connectivity index (χ1n) is 9.29. The minimum Gasteiger partial charge on any atom is -0.490 e. The summed E-state index contributed by atoms with van der Waals surface area (Å²) < 4.78 is 6.00. The summed E-state index contributed by atoms with van der Waals surface area (Å²) in [5.74, 6) is 0.495. The molecule has 0 saturated carbocycles. The van der Waals surface area contributed by atoms with Crippen LogP contribution in [0.2, 0.25) is 0 Å². The number of benzene rings is 1. The molecule has 0 saturated heterocycles. The first-order chi connectivity index (χ1) is 12.3. The molecular weight excluding hydrogens is 328 g/mol. The number of nitrogens with zero attached hydrogens (tertiary/aromatic N) is 1. The van der Waals surface area contributed by atoms with Crippen molar-refractivity contribution in [1.82, 2.24) is 10.2 Å². The van der Waals surface area contributed by atoms with Crippen molar-refractivity contribution in [2.24, 2.45) is 5.92 Å². The Morgan fingerprint density at radius 1 is 1.12 bits per heavy atom. The molecule has 1 aromatic rings. The normalized spacial score (nSPS) is 26.5. The van der Waals surface area contributed by atoms with Gasteiger partial charge in [-0.3, -0.25) is 9.59 Å². The van der Waals surface area contributed by atoms with Gasteiger partial charge in [0.1, 0.15) is 11.8 Å². The third-order valence-electron chi connectivity index (χ3n) is 4.88. The highest BCUT2D eigenvalue weighted by atomic mass is 16.5. The lowest BCUT2D eigenvalue weighted by Crippen LogP contribution is -2.50. The minimum atomic E-state index is -0.568. The Bertz CT molecular complexity index is 669. The molecule has 0 radical (unpaired) electrons. The number of carbonyl (C=O) groups excluding carboxylic acids is 2. The molecule has 0 spiro atoms. The minimum absolute atomic E-state index is 0.0381. The van der Waals surface area contributed by atoms with E-state index in [2.05, 4.69) is 31.3 Å². The molecule has 0 aromatic heterocycles. The van der Waals surface area contributed by atoms with Crippen molar-refractivity contribution in [3.05, 3.63) is 42.0 Å². The highest BCUT2D eigenvalue weighted by molar-refractivity contribution is 5.99. The van der Waals surface area contributed by atoms with Gasteiger partial charge in [-0.25, -0.2) is 0 Å². The van der Waals surface area contributed by atoms with Gasteiger partial charge >= 0.3 is 0 Å². The molecule has 1 aliphatic rings. The lowest BCUT2D eigenvalue weighted by atomic mass is 9.99. The fraction of sp³-hybridized carbons (Fsp3) is 0.524. The highest BCUT2D eigenvalue weighted by Crippen LogP contribution is 2.23. The van der Waals surface area contributed by atoms with Crippen LogP contribution in [0, 0.1) is 5.92 Å². The van der Waals surface area contributed by atoms with Crippen LogP contribution in [0.5, 0.6) is 5.75 Å². The van der Waals surface area contributed by atoms with Gasteiger partial charge in [0, 0.05) is 19.5 Å². The fourth-order valence-electron chi connectivity index (χ4n) is 2.88. The van der Waals surface area contributed by atoms with Crippen LogP contribution in [0.3, 0.4) is 0 Å². The molecule has 0 bridgehead atoms. The summed E-state index contributed by atoms with van der Waals surface area (Å²) in [5, 5.41) is 3.09. The summed E-state index contributed by atoms with van der Waals surface area (Å²) in [6.07, 6.45) is 5.64. The number of carbonyl (C=O) groups is 2. The first kappa shape index (κ1) is 20.0. The van der Waals surface area contributed by atoms with Crippen LogP contribution < -0.4 is 10.1 Å². The molecular formula is C21H30N2O3. The number of likely N-dealkylation sites (N-methyl/N-ethyl adjacent to an activating group) is 1. The predicted octanol–water partition coefficient (Wildman–Crippen LogP) is 3.41. The highest BCUT2D eigenvalue weighted by Gasteiger charge is 2.27. The number of hydrogen-bond acceptors (Lipinski definition) is 3. The van der Waals surface area contributed by atoms with Crippen LogP contribution in [0.15, 0.2) is 36.4 Å². The summed E-state index contributed by atoms with van der Waals surface area (Å²) in [6, 6.07) is 6.66. The van der Waals surface area contributed by atoms with E-state index >= 15 is 0 Å². The number of amides is 2. The SMILES string of the molecule is CC(C)[C@H]1C/C=C\C[C@H](C)Oc2ccccc2C(=O)N(C)[C@@H](C)C(=O)N1. The van der Waals surface area contributed by atoms with Crippen LogP contribution in [0.4, 0.5) is 0 Å². The topological polar surface area (TPSA) is 58.6 Å². The van der Waals surface area contributed by atoms with E-state index in [1.54, 1.807) is 32.2 Å².